The second-order valence-electron chi connectivity index (χ2n) is 4.78. The number of hydrogen-bond donors (Lipinski definition) is 1. The van der Waals surface area contributed by atoms with E-state index in [2.05, 4.69) is 15.5 Å². The molecule has 24 heavy (non-hydrogen) atoms. The zero-order chi connectivity index (χ0) is 17.5. The van der Waals surface area contributed by atoms with E-state index in [1.807, 2.05) is 0 Å². The maximum absolute atomic E-state index is 12.0. The summed E-state index contributed by atoms with van der Waals surface area (Å²) in [5.41, 5.74) is 0.672. The van der Waals surface area contributed by atoms with Gasteiger partial charge in [0.15, 0.2) is 5.16 Å². The van der Waals surface area contributed by atoms with Gasteiger partial charge in [0.25, 0.3) is 0 Å². The van der Waals surface area contributed by atoms with Crippen molar-refractivity contribution in [3.63, 3.8) is 0 Å². The number of benzene rings is 1. The molecule has 2 rings (SSSR count). The Balaban J connectivity index is 1.87. The van der Waals surface area contributed by atoms with Crippen molar-refractivity contribution < 1.29 is 14.3 Å². The SMILES string of the molecule is CCOC(=O)Cc1nnc(SCC(=O)Nc2ccc(Cl)cc2)n1C. The topological polar surface area (TPSA) is 86.1 Å². The fourth-order valence-corrected chi connectivity index (χ4v) is 2.68. The zero-order valence-electron chi connectivity index (χ0n) is 13.3. The van der Waals surface area contributed by atoms with Crippen LogP contribution >= 0.6 is 23.4 Å². The lowest BCUT2D eigenvalue weighted by molar-refractivity contribution is -0.142. The minimum Gasteiger partial charge on any atom is -0.466 e. The number of carbonyl (C=O) groups excluding carboxylic acids is 2. The van der Waals surface area contributed by atoms with Gasteiger partial charge in [-0.2, -0.15) is 0 Å². The Morgan fingerprint density at radius 3 is 2.67 bits per heavy atom. The molecule has 1 N–H and O–H groups in total. The zero-order valence-corrected chi connectivity index (χ0v) is 14.9. The predicted molar refractivity (Wildman–Crippen MR) is 92.1 cm³/mol. The minimum atomic E-state index is -0.356. The molecule has 0 radical (unpaired) electrons. The predicted octanol–water partition coefficient (Wildman–Crippen LogP) is 2.30. The molecule has 0 saturated heterocycles. The molecule has 0 unspecified atom stereocenters. The molecule has 0 atom stereocenters. The lowest BCUT2D eigenvalue weighted by atomic mass is 10.3. The number of ether oxygens (including phenoxy) is 1. The maximum Gasteiger partial charge on any atom is 0.313 e. The molecule has 0 aliphatic carbocycles. The molecule has 0 fully saturated rings. The Kier molecular flexibility index (Phi) is 6.62. The largest absolute Gasteiger partial charge is 0.466 e. The number of thioether (sulfide) groups is 1. The van der Waals surface area contributed by atoms with Crippen molar-refractivity contribution in [2.45, 2.75) is 18.5 Å². The first kappa shape index (κ1) is 18.3. The van der Waals surface area contributed by atoms with E-state index in [1.54, 1.807) is 42.8 Å². The number of carbonyl (C=O) groups is 2. The van der Waals surface area contributed by atoms with Gasteiger partial charge in [0.1, 0.15) is 12.2 Å². The molecule has 1 aromatic heterocycles. The number of halogens is 1. The van der Waals surface area contributed by atoms with E-state index >= 15 is 0 Å². The molecule has 128 valence electrons. The number of aromatic nitrogens is 3. The van der Waals surface area contributed by atoms with Crippen LogP contribution in [-0.2, 0) is 27.8 Å². The number of hydrogen-bond acceptors (Lipinski definition) is 6. The van der Waals surface area contributed by atoms with E-state index in [0.29, 0.717) is 28.3 Å². The van der Waals surface area contributed by atoms with Crippen molar-refractivity contribution >= 4 is 40.9 Å². The van der Waals surface area contributed by atoms with E-state index < -0.39 is 0 Å². The Labute approximate surface area is 148 Å². The number of esters is 1. The summed E-state index contributed by atoms with van der Waals surface area (Å²) >= 11 is 7.04. The molecule has 7 nitrogen and oxygen atoms in total. The van der Waals surface area contributed by atoms with Gasteiger partial charge in [-0.05, 0) is 31.2 Å². The summed E-state index contributed by atoms with van der Waals surface area (Å²) in [6, 6.07) is 6.86. The highest BCUT2D eigenvalue weighted by Crippen LogP contribution is 2.17. The molecule has 0 saturated carbocycles. The van der Waals surface area contributed by atoms with E-state index in [-0.39, 0.29) is 24.1 Å². The van der Waals surface area contributed by atoms with Gasteiger partial charge >= 0.3 is 5.97 Å². The quantitative estimate of drug-likeness (QED) is 0.596. The highest BCUT2D eigenvalue weighted by molar-refractivity contribution is 7.99. The lowest BCUT2D eigenvalue weighted by Crippen LogP contribution is -2.14. The van der Waals surface area contributed by atoms with Crippen LogP contribution in [0.15, 0.2) is 29.4 Å². The molecular formula is C15H17ClN4O3S. The van der Waals surface area contributed by atoms with Crippen LogP contribution in [0.25, 0.3) is 0 Å². The van der Waals surface area contributed by atoms with Gasteiger partial charge in [-0.15, -0.1) is 10.2 Å². The van der Waals surface area contributed by atoms with Crippen molar-refractivity contribution in [3.8, 4) is 0 Å². The van der Waals surface area contributed by atoms with Crippen LogP contribution in [0.1, 0.15) is 12.7 Å². The molecule has 9 heteroatoms. The van der Waals surface area contributed by atoms with Crippen molar-refractivity contribution in [3.05, 3.63) is 35.1 Å². The molecule has 1 heterocycles. The summed E-state index contributed by atoms with van der Waals surface area (Å²) in [7, 11) is 1.74. The summed E-state index contributed by atoms with van der Waals surface area (Å²) in [5.74, 6) is 0.143. The van der Waals surface area contributed by atoms with Crippen LogP contribution in [-0.4, -0.2) is 39.0 Å². The summed E-state index contributed by atoms with van der Waals surface area (Å²) in [5, 5.41) is 11.9. The third kappa shape index (κ3) is 5.24. The van der Waals surface area contributed by atoms with Crippen molar-refractivity contribution in [2.24, 2.45) is 7.05 Å². The normalized spacial score (nSPS) is 10.5. The summed E-state index contributed by atoms with van der Waals surface area (Å²) < 4.78 is 6.56. The Bertz CT molecular complexity index is 718. The number of nitrogens with one attached hydrogen (secondary N) is 1. The van der Waals surface area contributed by atoms with Gasteiger partial charge in [-0.1, -0.05) is 23.4 Å². The number of nitrogens with zero attached hydrogens (tertiary/aromatic N) is 3. The van der Waals surface area contributed by atoms with Crippen molar-refractivity contribution in [2.75, 3.05) is 17.7 Å². The van der Waals surface area contributed by atoms with E-state index in [1.165, 1.54) is 11.8 Å². The van der Waals surface area contributed by atoms with Crippen molar-refractivity contribution in [1.82, 2.24) is 14.8 Å². The molecule has 0 bridgehead atoms. The molecular weight excluding hydrogens is 352 g/mol. The van der Waals surface area contributed by atoms with Gasteiger partial charge < -0.3 is 14.6 Å². The third-order valence-corrected chi connectivity index (χ3v) is 4.27. The standard InChI is InChI=1S/C15H17ClN4O3S/c1-3-23-14(22)8-12-18-19-15(20(12)2)24-9-13(21)17-11-6-4-10(16)5-7-11/h4-7H,3,8-9H2,1-2H3,(H,17,21). The van der Waals surface area contributed by atoms with Crippen LogP contribution in [0.2, 0.25) is 5.02 Å². The summed E-state index contributed by atoms with van der Waals surface area (Å²) in [4.78, 5) is 23.4. The van der Waals surface area contributed by atoms with Gasteiger partial charge in [-0.3, -0.25) is 9.59 Å². The average Bonchev–Trinajstić information content (AvgIpc) is 2.88. The first-order valence-corrected chi connectivity index (χ1v) is 8.58. The average molecular weight is 369 g/mol. The monoisotopic (exact) mass is 368 g/mol. The number of anilines is 1. The number of amides is 1. The molecule has 1 aromatic carbocycles. The highest BCUT2D eigenvalue weighted by Gasteiger charge is 2.14. The van der Waals surface area contributed by atoms with Gasteiger partial charge in [0, 0.05) is 17.8 Å². The van der Waals surface area contributed by atoms with Crippen LogP contribution < -0.4 is 5.32 Å². The van der Waals surface area contributed by atoms with E-state index in [0.717, 1.165) is 0 Å². The van der Waals surface area contributed by atoms with Crippen LogP contribution in [0, 0.1) is 0 Å². The Morgan fingerprint density at radius 2 is 2.00 bits per heavy atom. The van der Waals surface area contributed by atoms with E-state index in [9.17, 15) is 9.59 Å². The van der Waals surface area contributed by atoms with Gasteiger partial charge in [-0.25, -0.2) is 0 Å². The molecule has 1 amide bonds. The first-order chi connectivity index (χ1) is 11.5. The lowest BCUT2D eigenvalue weighted by Gasteiger charge is -2.06. The van der Waals surface area contributed by atoms with Crippen LogP contribution in [0.4, 0.5) is 5.69 Å². The second-order valence-corrected chi connectivity index (χ2v) is 6.16. The fraction of sp³-hybridized carbons (Fsp3) is 0.333. The van der Waals surface area contributed by atoms with Gasteiger partial charge in [0.2, 0.25) is 5.91 Å². The Morgan fingerprint density at radius 1 is 1.29 bits per heavy atom. The van der Waals surface area contributed by atoms with Crippen LogP contribution in [0.5, 0.6) is 0 Å². The smallest absolute Gasteiger partial charge is 0.313 e. The van der Waals surface area contributed by atoms with Crippen molar-refractivity contribution in [1.29, 1.82) is 0 Å². The second kappa shape index (κ2) is 8.70. The van der Waals surface area contributed by atoms with E-state index in [4.69, 9.17) is 16.3 Å². The molecule has 0 spiro atoms. The first-order valence-electron chi connectivity index (χ1n) is 7.21. The van der Waals surface area contributed by atoms with Gasteiger partial charge in [0.05, 0.1) is 12.4 Å². The number of rotatable bonds is 7. The highest BCUT2D eigenvalue weighted by atomic mass is 35.5. The fourth-order valence-electron chi connectivity index (χ4n) is 1.83. The Hall–Kier alpha value is -2.06. The molecule has 0 aliphatic rings. The third-order valence-electron chi connectivity index (χ3n) is 2.99. The minimum absolute atomic E-state index is 0.0505. The van der Waals surface area contributed by atoms with Crippen LogP contribution in [0.3, 0.4) is 0 Å². The maximum atomic E-state index is 12.0. The molecule has 0 aliphatic heterocycles. The summed E-state index contributed by atoms with van der Waals surface area (Å²) in [6.45, 7) is 2.07. The molecule has 2 aromatic rings. The summed E-state index contributed by atoms with van der Waals surface area (Å²) in [6.07, 6.45) is 0.0505.